The third-order valence-electron chi connectivity index (χ3n) is 5.62. The Bertz CT molecular complexity index is 1530. The topological polar surface area (TPSA) is 63.9 Å². The normalized spacial score (nSPS) is 14.7. The third kappa shape index (κ3) is 5.09. The van der Waals surface area contributed by atoms with Gasteiger partial charge in [0.05, 0.1) is 17.6 Å². The number of carbonyl (C=O) groups excluding carboxylic acids is 1. The van der Waals surface area contributed by atoms with E-state index in [1.54, 1.807) is 36.4 Å². The molecule has 1 aliphatic rings. The van der Waals surface area contributed by atoms with Gasteiger partial charge >= 0.3 is 0 Å². The van der Waals surface area contributed by atoms with E-state index in [4.69, 9.17) is 21.9 Å². The summed E-state index contributed by atoms with van der Waals surface area (Å²) < 4.78 is 7.17. The Morgan fingerprint density at radius 1 is 1.03 bits per heavy atom. The number of benzene rings is 2. The molecule has 9 heteroatoms. The molecule has 0 unspecified atom stereocenters. The van der Waals surface area contributed by atoms with E-state index < -0.39 is 0 Å². The third-order valence-corrected chi connectivity index (χ3v) is 8.01. The SMILES string of the molecule is COc1ccc(CCN2C(=O)/C(=C\c3c(Sc4ccccc4)nc4ccccn4c3=O)SC2=S)cc1. The van der Waals surface area contributed by atoms with E-state index in [-0.39, 0.29) is 11.5 Å². The molecule has 0 atom stereocenters. The Morgan fingerprint density at radius 2 is 1.78 bits per heavy atom. The van der Waals surface area contributed by atoms with Crippen molar-refractivity contribution < 1.29 is 9.53 Å². The van der Waals surface area contributed by atoms with Gasteiger partial charge in [-0.05, 0) is 54.5 Å². The fourth-order valence-electron chi connectivity index (χ4n) is 3.74. The van der Waals surface area contributed by atoms with Gasteiger partial charge in [0, 0.05) is 17.6 Å². The summed E-state index contributed by atoms with van der Waals surface area (Å²) in [4.78, 5) is 34.4. The van der Waals surface area contributed by atoms with Gasteiger partial charge in [-0.2, -0.15) is 0 Å². The molecule has 0 bridgehead atoms. The van der Waals surface area contributed by atoms with E-state index in [1.165, 1.54) is 27.9 Å². The van der Waals surface area contributed by atoms with Crippen molar-refractivity contribution in [2.24, 2.45) is 0 Å². The number of carbonyl (C=O) groups is 1. The summed E-state index contributed by atoms with van der Waals surface area (Å²) in [6, 6.07) is 22.9. The van der Waals surface area contributed by atoms with Crippen LogP contribution in [0.4, 0.5) is 0 Å². The minimum absolute atomic E-state index is 0.202. The highest BCUT2D eigenvalue weighted by Gasteiger charge is 2.32. The summed E-state index contributed by atoms with van der Waals surface area (Å²) >= 11 is 8.12. The zero-order valence-electron chi connectivity index (χ0n) is 19.3. The van der Waals surface area contributed by atoms with Crippen LogP contribution in [0.25, 0.3) is 11.7 Å². The van der Waals surface area contributed by atoms with Crippen molar-refractivity contribution in [2.45, 2.75) is 16.3 Å². The number of rotatable bonds is 7. The van der Waals surface area contributed by atoms with Crippen LogP contribution in [0.5, 0.6) is 5.75 Å². The van der Waals surface area contributed by atoms with E-state index >= 15 is 0 Å². The Balaban J connectivity index is 1.46. The van der Waals surface area contributed by atoms with Crippen LogP contribution in [0.1, 0.15) is 11.1 Å². The van der Waals surface area contributed by atoms with Crippen LogP contribution in [-0.2, 0) is 11.2 Å². The predicted octanol–water partition coefficient (Wildman–Crippen LogP) is 5.30. The molecule has 0 N–H and O–H groups in total. The largest absolute Gasteiger partial charge is 0.497 e. The lowest BCUT2D eigenvalue weighted by Gasteiger charge is -2.14. The van der Waals surface area contributed by atoms with Gasteiger partial charge in [-0.25, -0.2) is 4.98 Å². The molecule has 180 valence electrons. The highest BCUT2D eigenvalue weighted by Crippen LogP contribution is 2.35. The van der Waals surface area contributed by atoms with Crippen LogP contribution in [0.3, 0.4) is 0 Å². The lowest BCUT2D eigenvalue weighted by molar-refractivity contribution is -0.122. The molecule has 6 nitrogen and oxygen atoms in total. The minimum atomic E-state index is -0.234. The maximum absolute atomic E-state index is 13.4. The van der Waals surface area contributed by atoms with Crippen molar-refractivity contribution in [3.05, 3.63) is 105 Å². The number of pyridine rings is 1. The van der Waals surface area contributed by atoms with Gasteiger partial charge in [0.1, 0.15) is 20.7 Å². The quantitative estimate of drug-likeness (QED) is 0.182. The summed E-state index contributed by atoms with van der Waals surface area (Å²) in [5.74, 6) is 0.582. The Kier molecular flexibility index (Phi) is 7.22. The lowest BCUT2D eigenvalue weighted by Crippen LogP contribution is -2.30. The van der Waals surface area contributed by atoms with Crippen molar-refractivity contribution in [3.8, 4) is 5.75 Å². The fourth-order valence-corrected chi connectivity index (χ4v) is 5.94. The summed E-state index contributed by atoms with van der Waals surface area (Å²) in [5, 5.41) is 0.543. The van der Waals surface area contributed by atoms with Crippen LogP contribution in [0.15, 0.2) is 98.6 Å². The molecule has 2 aromatic carbocycles. The van der Waals surface area contributed by atoms with Crippen LogP contribution >= 0.6 is 35.7 Å². The molecule has 0 radical (unpaired) electrons. The number of hydrogen-bond donors (Lipinski definition) is 0. The molecule has 36 heavy (non-hydrogen) atoms. The van der Waals surface area contributed by atoms with E-state index in [9.17, 15) is 9.59 Å². The van der Waals surface area contributed by atoms with Crippen LogP contribution < -0.4 is 10.3 Å². The van der Waals surface area contributed by atoms with Gasteiger partial charge in [-0.15, -0.1) is 0 Å². The number of fused-ring (bicyclic) bond motifs is 1. The molecule has 1 amide bonds. The fraction of sp³-hybridized carbons (Fsp3) is 0.111. The van der Waals surface area contributed by atoms with Gasteiger partial charge in [-0.3, -0.25) is 18.9 Å². The molecule has 1 saturated heterocycles. The highest BCUT2D eigenvalue weighted by atomic mass is 32.2. The summed E-state index contributed by atoms with van der Waals surface area (Å²) in [6.45, 7) is 0.453. The van der Waals surface area contributed by atoms with Crippen LogP contribution in [0.2, 0.25) is 0 Å². The van der Waals surface area contributed by atoms with Gasteiger partial charge < -0.3 is 4.74 Å². The van der Waals surface area contributed by atoms with Crippen molar-refractivity contribution in [1.29, 1.82) is 0 Å². The van der Waals surface area contributed by atoms with Crippen molar-refractivity contribution >= 4 is 57.7 Å². The Hall–Kier alpha value is -3.40. The zero-order chi connectivity index (χ0) is 25.1. The van der Waals surface area contributed by atoms with Gasteiger partial charge in [0.2, 0.25) is 0 Å². The monoisotopic (exact) mass is 531 g/mol. The highest BCUT2D eigenvalue weighted by molar-refractivity contribution is 8.26. The molecule has 5 rings (SSSR count). The predicted molar refractivity (Wildman–Crippen MR) is 149 cm³/mol. The van der Waals surface area contributed by atoms with Crippen LogP contribution in [0, 0.1) is 0 Å². The van der Waals surface area contributed by atoms with E-state index in [1.807, 2.05) is 60.7 Å². The van der Waals surface area contributed by atoms with Gasteiger partial charge in [0.15, 0.2) is 0 Å². The van der Waals surface area contributed by atoms with E-state index in [2.05, 4.69) is 0 Å². The zero-order valence-corrected chi connectivity index (χ0v) is 21.7. The molecule has 0 spiro atoms. The first kappa shape index (κ1) is 24.3. The maximum atomic E-state index is 13.4. The van der Waals surface area contributed by atoms with Crippen molar-refractivity contribution in [2.75, 3.05) is 13.7 Å². The second-order valence-corrected chi connectivity index (χ2v) is 10.6. The van der Waals surface area contributed by atoms with Crippen LogP contribution in [-0.4, -0.2) is 38.2 Å². The first-order chi connectivity index (χ1) is 17.5. The van der Waals surface area contributed by atoms with Gasteiger partial charge in [-0.1, -0.05) is 72.1 Å². The number of nitrogens with zero attached hydrogens (tertiary/aromatic N) is 3. The first-order valence-corrected chi connectivity index (χ1v) is 13.2. The average Bonchev–Trinajstić information content (AvgIpc) is 3.17. The minimum Gasteiger partial charge on any atom is -0.497 e. The number of amides is 1. The number of thiocarbonyl (C=S) groups is 1. The number of hydrogen-bond acceptors (Lipinski definition) is 7. The van der Waals surface area contributed by atoms with Crippen molar-refractivity contribution in [1.82, 2.24) is 14.3 Å². The van der Waals surface area contributed by atoms with E-state index in [0.29, 0.717) is 38.4 Å². The summed E-state index contributed by atoms with van der Waals surface area (Å²) in [6.07, 6.45) is 3.96. The molecular weight excluding hydrogens is 511 g/mol. The molecule has 2 aromatic heterocycles. The molecule has 3 heterocycles. The summed E-state index contributed by atoms with van der Waals surface area (Å²) in [7, 11) is 1.63. The second kappa shape index (κ2) is 10.7. The average molecular weight is 532 g/mol. The van der Waals surface area contributed by atoms with Gasteiger partial charge in [0.25, 0.3) is 11.5 Å². The standard InChI is InChI=1S/C27H21N3O3S3/c1-33-19-12-10-18(11-13-19)14-16-30-26(32)22(36-27(30)34)17-21-24(35-20-7-3-2-4-8-20)28-23-9-5-6-15-29(23)25(21)31/h2-13,15,17H,14,16H2,1H3/b22-17+. The molecule has 0 saturated carbocycles. The molecule has 1 aliphatic heterocycles. The molecule has 4 aromatic rings. The lowest BCUT2D eigenvalue weighted by atomic mass is 10.1. The number of ether oxygens (including phenoxy) is 1. The smallest absolute Gasteiger partial charge is 0.266 e. The second-order valence-electron chi connectivity index (χ2n) is 7.91. The maximum Gasteiger partial charge on any atom is 0.266 e. The Labute approximate surface area is 222 Å². The first-order valence-electron chi connectivity index (χ1n) is 11.2. The Morgan fingerprint density at radius 3 is 2.53 bits per heavy atom. The number of methoxy groups -OCH3 is 1. The summed E-state index contributed by atoms with van der Waals surface area (Å²) in [5.41, 5.74) is 1.75. The molecule has 0 aliphatic carbocycles. The number of aromatic nitrogens is 2. The molecular formula is C27H21N3O3S3. The number of thioether (sulfide) groups is 1. The van der Waals surface area contributed by atoms with E-state index in [0.717, 1.165) is 16.2 Å². The molecule has 1 fully saturated rings. The van der Waals surface area contributed by atoms with Crippen molar-refractivity contribution in [3.63, 3.8) is 0 Å².